The molecule has 2 aromatic carbocycles. The zero-order chi connectivity index (χ0) is 17.9. The van der Waals surface area contributed by atoms with Crippen molar-refractivity contribution in [2.45, 2.75) is 6.92 Å². The molecule has 0 aliphatic carbocycles. The molecule has 0 unspecified atom stereocenters. The zero-order valence-electron chi connectivity index (χ0n) is 12.4. The van der Waals surface area contributed by atoms with E-state index in [2.05, 4.69) is 5.32 Å². The Kier molecular flexibility index (Phi) is 5.75. The van der Waals surface area contributed by atoms with Gasteiger partial charge in [0.05, 0.1) is 0 Å². The van der Waals surface area contributed by atoms with Crippen LogP contribution in [-0.2, 0) is 9.59 Å². The normalized spacial score (nSPS) is 10.4. The number of para-hydroxylation sites is 1. The molecule has 0 aliphatic rings. The number of amides is 2. The average molecular weight is 373 g/mol. The van der Waals surface area contributed by atoms with Crippen LogP contribution in [0.4, 0.5) is 20.2 Å². The van der Waals surface area contributed by atoms with Crippen molar-refractivity contribution >= 4 is 46.4 Å². The number of rotatable bonds is 4. The molecule has 0 radical (unpaired) electrons. The lowest BCUT2D eigenvalue weighted by molar-refractivity contribution is -0.120. The number of carbonyl (C=O) groups is 2. The summed E-state index contributed by atoms with van der Waals surface area (Å²) in [5, 5.41) is 2.68. The summed E-state index contributed by atoms with van der Waals surface area (Å²) in [5.41, 5.74) is -0.278. The SMILES string of the molecule is CC(=O)N(CC(=O)Nc1c(F)cccc1F)c1cc(Cl)cc(Cl)c1. The molecular formula is C16H12Cl2F2N2O2. The van der Waals surface area contributed by atoms with E-state index in [1.165, 1.54) is 31.2 Å². The van der Waals surface area contributed by atoms with Crippen LogP contribution in [0, 0.1) is 11.6 Å². The molecule has 24 heavy (non-hydrogen) atoms. The summed E-state index contributed by atoms with van der Waals surface area (Å²) in [5.74, 6) is -3.06. The molecule has 0 saturated carbocycles. The standard InChI is InChI=1S/C16H12Cl2F2N2O2/c1-9(23)22(12-6-10(17)5-11(18)7-12)8-15(24)21-16-13(19)3-2-4-14(16)20/h2-7H,8H2,1H3,(H,21,24). The highest BCUT2D eigenvalue weighted by Gasteiger charge is 2.19. The van der Waals surface area contributed by atoms with Gasteiger partial charge in [-0.15, -0.1) is 0 Å². The average Bonchev–Trinajstić information content (AvgIpc) is 2.47. The molecule has 0 fully saturated rings. The van der Waals surface area contributed by atoms with Crippen molar-refractivity contribution in [2.75, 3.05) is 16.8 Å². The zero-order valence-corrected chi connectivity index (χ0v) is 14.0. The quantitative estimate of drug-likeness (QED) is 0.871. The third-order valence-electron chi connectivity index (χ3n) is 3.07. The molecule has 0 bridgehead atoms. The van der Waals surface area contributed by atoms with Crippen molar-refractivity contribution in [3.8, 4) is 0 Å². The van der Waals surface area contributed by atoms with Crippen LogP contribution < -0.4 is 10.2 Å². The van der Waals surface area contributed by atoms with Crippen LogP contribution >= 0.6 is 23.2 Å². The van der Waals surface area contributed by atoms with Crippen molar-refractivity contribution in [2.24, 2.45) is 0 Å². The van der Waals surface area contributed by atoms with Gasteiger partial charge in [0.25, 0.3) is 0 Å². The first-order valence-electron chi connectivity index (χ1n) is 6.76. The molecule has 126 valence electrons. The second-order valence-electron chi connectivity index (χ2n) is 4.88. The number of hydrogen-bond donors (Lipinski definition) is 1. The number of nitrogens with one attached hydrogen (secondary N) is 1. The Bertz CT molecular complexity index is 759. The van der Waals surface area contributed by atoms with Gasteiger partial charge >= 0.3 is 0 Å². The molecule has 0 atom stereocenters. The van der Waals surface area contributed by atoms with E-state index in [0.717, 1.165) is 17.0 Å². The summed E-state index contributed by atoms with van der Waals surface area (Å²) >= 11 is 11.8. The Labute approximate surface area is 147 Å². The van der Waals surface area contributed by atoms with Crippen molar-refractivity contribution in [1.29, 1.82) is 0 Å². The molecule has 0 saturated heterocycles. The van der Waals surface area contributed by atoms with Gasteiger partial charge in [0.2, 0.25) is 11.8 Å². The number of carbonyl (C=O) groups excluding carboxylic acids is 2. The van der Waals surface area contributed by atoms with Crippen molar-refractivity contribution in [3.05, 3.63) is 58.1 Å². The maximum Gasteiger partial charge on any atom is 0.244 e. The van der Waals surface area contributed by atoms with Gasteiger partial charge in [-0.3, -0.25) is 9.59 Å². The van der Waals surface area contributed by atoms with E-state index in [9.17, 15) is 18.4 Å². The van der Waals surface area contributed by atoms with Crippen LogP contribution in [-0.4, -0.2) is 18.4 Å². The van der Waals surface area contributed by atoms with Gasteiger partial charge in [0.15, 0.2) is 0 Å². The van der Waals surface area contributed by atoms with E-state index in [1.807, 2.05) is 0 Å². The smallest absolute Gasteiger partial charge is 0.244 e. The Balaban J connectivity index is 2.22. The second kappa shape index (κ2) is 7.59. The Morgan fingerprint density at radius 3 is 2.12 bits per heavy atom. The summed E-state index contributed by atoms with van der Waals surface area (Å²) in [6.45, 7) is 0.783. The lowest BCUT2D eigenvalue weighted by Gasteiger charge is -2.21. The molecule has 2 amide bonds. The predicted octanol–water partition coefficient (Wildman–Crippen LogP) is 4.26. The van der Waals surface area contributed by atoms with Crippen LogP contribution in [0.25, 0.3) is 0 Å². The highest BCUT2D eigenvalue weighted by Crippen LogP contribution is 2.26. The Morgan fingerprint density at radius 2 is 1.62 bits per heavy atom. The first-order valence-corrected chi connectivity index (χ1v) is 7.51. The number of anilines is 2. The van der Waals surface area contributed by atoms with Gasteiger partial charge in [0, 0.05) is 22.7 Å². The number of nitrogens with zero attached hydrogens (tertiary/aromatic N) is 1. The predicted molar refractivity (Wildman–Crippen MR) is 89.5 cm³/mol. The fourth-order valence-corrected chi connectivity index (χ4v) is 2.53. The lowest BCUT2D eigenvalue weighted by atomic mass is 10.2. The third kappa shape index (κ3) is 4.43. The van der Waals surface area contributed by atoms with E-state index in [-0.39, 0.29) is 10.0 Å². The van der Waals surface area contributed by atoms with Gasteiger partial charge < -0.3 is 10.2 Å². The Hall–Kier alpha value is -2.18. The fourth-order valence-electron chi connectivity index (χ4n) is 2.02. The highest BCUT2D eigenvalue weighted by molar-refractivity contribution is 6.35. The summed E-state index contributed by atoms with van der Waals surface area (Å²) in [6, 6.07) is 7.57. The van der Waals surface area contributed by atoms with Gasteiger partial charge in [-0.1, -0.05) is 29.3 Å². The summed E-state index contributed by atoms with van der Waals surface area (Å²) < 4.78 is 27.1. The first-order chi connectivity index (χ1) is 11.3. The van der Waals surface area contributed by atoms with Crippen LogP contribution in [0.1, 0.15) is 6.92 Å². The molecule has 0 heterocycles. The molecule has 1 N–H and O–H groups in total. The van der Waals surface area contributed by atoms with Crippen molar-refractivity contribution < 1.29 is 18.4 Å². The van der Waals surface area contributed by atoms with E-state index >= 15 is 0 Å². The molecule has 0 spiro atoms. The maximum absolute atomic E-state index is 13.6. The molecule has 8 heteroatoms. The van der Waals surface area contributed by atoms with E-state index in [1.54, 1.807) is 0 Å². The third-order valence-corrected chi connectivity index (χ3v) is 3.50. The Morgan fingerprint density at radius 1 is 1.08 bits per heavy atom. The minimum absolute atomic E-state index is 0.282. The van der Waals surface area contributed by atoms with Crippen LogP contribution in [0.3, 0.4) is 0 Å². The van der Waals surface area contributed by atoms with E-state index < -0.39 is 35.7 Å². The van der Waals surface area contributed by atoms with Gasteiger partial charge in [-0.2, -0.15) is 0 Å². The second-order valence-corrected chi connectivity index (χ2v) is 5.75. The molecular weight excluding hydrogens is 361 g/mol. The molecule has 2 rings (SSSR count). The maximum atomic E-state index is 13.6. The lowest BCUT2D eigenvalue weighted by Crippen LogP contribution is -2.37. The molecule has 4 nitrogen and oxygen atoms in total. The van der Waals surface area contributed by atoms with Crippen LogP contribution in [0.2, 0.25) is 10.0 Å². The van der Waals surface area contributed by atoms with Crippen molar-refractivity contribution in [1.82, 2.24) is 0 Å². The highest BCUT2D eigenvalue weighted by atomic mass is 35.5. The number of halogens is 4. The summed E-state index contributed by atoms with van der Waals surface area (Å²) in [6.07, 6.45) is 0. The summed E-state index contributed by atoms with van der Waals surface area (Å²) in [4.78, 5) is 25.0. The number of benzene rings is 2. The monoisotopic (exact) mass is 372 g/mol. The minimum Gasteiger partial charge on any atom is -0.320 e. The van der Waals surface area contributed by atoms with Crippen LogP contribution in [0.5, 0.6) is 0 Å². The number of hydrogen-bond acceptors (Lipinski definition) is 2. The van der Waals surface area contributed by atoms with Crippen molar-refractivity contribution in [3.63, 3.8) is 0 Å². The first kappa shape index (κ1) is 18.2. The van der Waals surface area contributed by atoms with Crippen LogP contribution in [0.15, 0.2) is 36.4 Å². The molecule has 2 aromatic rings. The van der Waals surface area contributed by atoms with Gasteiger partial charge in [0.1, 0.15) is 23.9 Å². The summed E-state index contributed by atoms with van der Waals surface area (Å²) in [7, 11) is 0. The van der Waals surface area contributed by atoms with E-state index in [4.69, 9.17) is 23.2 Å². The topological polar surface area (TPSA) is 49.4 Å². The minimum atomic E-state index is -0.913. The van der Waals surface area contributed by atoms with Gasteiger partial charge in [-0.25, -0.2) is 8.78 Å². The fraction of sp³-hybridized carbons (Fsp3) is 0.125. The molecule has 0 aliphatic heterocycles. The van der Waals surface area contributed by atoms with E-state index in [0.29, 0.717) is 5.69 Å². The van der Waals surface area contributed by atoms with Gasteiger partial charge in [-0.05, 0) is 30.3 Å². The largest absolute Gasteiger partial charge is 0.320 e. The molecule has 0 aromatic heterocycles.